The molecule has 0 amide bonds. The number of imidazole rings is 1. The van der Waals surface area contributed by atoms with Crippen molar-refractivity contribution in [2.75, 3.05) is 37.2 Å². The van der Waals surface area contributed by atoms with Crippen LogP contribution in [0, 0.1) is 0 Å². The number of para-hydroxylation sites is 2. The summed E-state index contributed by atoms with van der Waals surface area (Å²) in [4.78, 5) is 7.29. The van der Waals surface area contributed by atoms with Crippen molar-refractivity contribution in [1.82, 2.24) is 24.6 Å². The van der Waals surface area contributed by atoms with E-state index in [9.17, 15) is 0 Å². The Kier molecular flexibility index (Phi) is 5.78. The Morgan fingerprint density at radius 2 is 1.96 bits per heavy atom. The molecular formula is C19H29N7. The molecule has 0 atom stereocenters. The number of benzene rings is 1. The molecule has 7 heteroatoms. The number of anilines is 2. The van der Waals surface area contributed by atoms with E-state index in [1.54, 1.807) is 0 Å². The van der Waals surface area contributed by atoms with E-state index >= 15 is 0 Å². The topological polar surface area (TPSA) is 87.8 Å². The van der Waals surface area contributed by atoms with Crippen molar-refractivity contribution in [1.29, 1.82) is 0 Å². The first-order valence-corrected chi connectivity index (χ1v) is 9.45. The van der Waals surface area contributed by atoms with E-state index in [-0.39, 0.29) is 0 Å². The van der Waals surface area contributed by atoms with Gasteiger partial charge in [0.2, 0.25) is 0 Å². The second kappa shape index (κ2) is 8.23. The maximum Gasteiger partial charge on any atom is 0.161 e. The van der Waals surface area contributed by atoms with Gasteiger partial charge in [0.1, 0.15) is 17.2 Å². The second-order valence-corrected chi connectivity index (χ2v) is 6.39. The van der Waals surface area contributed by atoms with Crippen molar-refractivity contribution in [3.63, 3.8) is 0 Å². The van der Waals surface area contributed by atoms with Crippen LogP contribution >= 0.6 is 0 Å². The Labute approximate surface area is 154 Å². The van der Waals surface area contributed by atoms with Gasteiger partial charge in [0.05, 0.1) is 11.0 Å². The molecule has 2 heterocycles. The van der Waals surface area contributed by atoms with Gasteiger partial charge in [0.15, 0.2) is 5.82 Å². The van der Waals surface area contributed by atoms with Crippen molar-refractivity contribution in [2.45, 2.75) is 33.7 Å². The fourth-order valence-corrected chi connectivity index (χ4v) is 3.23. The Balaban J connectivity index is 2.05. The van der Waals surface area contributed by atoms with E-state index < -0.39 is 0 Å². The lowest BCUT2D eigenvalue weighted by atomic mass is 10.2. The van der Waals surface area contributed by atoms with E-state index in [2.05, 4.69) is 57.9 Å². The summed E-state index contributed by atoms with van der Waals surface area (Å²) in [6.07, 6.45) is 1.02. The zero-order valence-electron chi connectivity index (χ0n) is 15.9. The fraction of sp³-hybridized carbons (Fsp3) is 0.474. The number of aromatic nitrogens is 4. The van der Waals surface area contributed by atoms with Gasteiger partial charge in [-0.2, -0.15) is 5.10 Å². The first-order chi connectivity index (χ1) is 12.7. The first kappa shape index (κ1) is 18.3. The lowest BCUT2D eigenvalue weighted by molar-refractivity contribution is 0.292. The summed E-state index contributed by atoms with van der Waals surface area (Å²) in [7, 11) is 0. The Morgan fingerprint density at radius 1 is 1.19 bits per heavy atom. The Morgan fingerprint density at radius 3 is 2.69 bits per heavy atom. The number of fused-ring (bicyclic) bond motifs is 1. The molecule has 0 spiro atoms. The summed E-state index contributed by atoms with van der Waals surface area (Å²) in [5, 5.41) is 10.6. The van der Waals surface area contributed by atoms with Crippen LogP contribution in [0.4, 0.5) is 11.6 Å². The monoisotopic (exact) mass is 355 g/mol. The minimum Gasteiger partial charge on any atom is -0.383 e. The van der Waals surface area contributed by atoms with Gasteiger partial charge in [-0.25, -0.2) is 4.98 Å². The maximum atomic E-state index is 6.22. The molecule has 7 nitrogen and oxygen atoms in total. The van der Waals surface area contributed by atoms with E-state index in [1.165, 1.54) is 0 Å². The molecule has 0 aliphatic carbocycles. The molecule has 140 valence electrons. The van der Waals surface area contributed by atoms with Gasteiger partial charge in [0.25, 0.3) is 0 Å². The predicted molar refractivity (Wildman–Crippen MR) is 108 cm³/mol. The number of likely N-dealkylation sites (N-methyl/N-ethyl adjacent to an activating group) is 1. The molecular weight excluding hydrogens is 326 g/mol. The molecule has 2 aromatic heterocycles. The van der Waals surface area contributed by atoms with Crippen LogP contribution in [0.1, 0.15) is 27.2 Å². The number of aromatic amines is 1. The predicted octanol–water partition coefficient (Wildman–Crippen LogP) is 3.17. The molecule has 0 bridgehead atoms. The molecule has 0 radical (unpaired) electrons. The molecule has 3 rings (SSSR count). The van der Waals surface area contributed by atoms with Crippen molar-refractivity contribution in [3.05, 3.63) is 24.3 Å². The van der Waals surface area contributed by atoms with E-state index in [0.29, 0.717) is 5.82 Å². The first-order valence-electron chi connectivity index (χ1n) is 9.45. The summed E-state index contributed by atoms with van der Waals surface area (Å²) >= 11 is 0. The van der Waals surface area contributed by atoms with Crippen LogP contribution in [0.5, 0.6) is 0 Å². The third kappa shape index (κ3) is 3.53. The minimum absolute atomic E-state index is 0.544. The molecule has 0 saturated heterocycles. The molecule has 0 unspecified atom stereocenters. The number of hydrogen-bond acceptors (Lipinski definition) is 5. The highest BCUT2D eigenvalue weighted by atomic mass is 15.2. The van der Waals surface area contributed by atoms with Crippen LogP contribution in [-0.2, 0) is 6.54 Å². The third-order valence-corrected chi connectivity index (χ3v) is 4.75. The van der Waals surface area contributed by atoms with Gasteiger partial charge in [-0.3, -0.25) is 5.10 Å². The summed E-state index contributed by atoms with van der Waals surface area (Å²) in [6, 6.07) is 8.23. The highest BCUT2D eigenvalue weighted by Crippen LogP contribution is 2.33. The van der Waals surface area contributed by atoms with Gasteiger partial charge in [-0.15, -0.1) is 0 Å². The van der Waals surface area contributed by atoms with Gasteiger partial charge < -0.3 is 20.5 Å². The molecule has 1 aromatic carbocycles. The Hall–Kier alpha value is -2.54. The number of rotatable bonds is 9. The van der Waals surface area contributed by atoms with Crippen LogP contribution < -0.4 is 11.1 Å². The van der Waals surface area contributed by atoms with Crippen LogP contribution in [0.3, 0.4) is 0 Å². The van der Waals surface area contributed by atoms with Crippen LogP contribution in [0.15, 0.2) is 24.3 Å². The van der Waals surface area contributed by atoms with Crippen molar-refractivity contribution >= 4 is 22.7 Å². The fourth-order valence-electron chi connectivity index (χ4n) is 3.23. The summed E-state index contributed by atoms with van der Waals surface area (Å²) in [6.45, 7) is 11.3. The minimum atomic E-state index is 0.544. The number of nitrogen functional groups attached to an aromatic ring is 1. The van der Waals surface area contributed by atoms with E-state index in [4.69, 9.17) is 10.7 Å². The zero-order chi connectivity index (χ0) is 18.5. The van der Waals surface area contributed by atoms with E-state index in [1.807, 2.05) is 12.1 Å². The molecule has 3 aromatic rings. The standard InChI is InChI=1S/C19H29N7/c1-4-11-21-18-16(17(20)23-24-18)19-22-14-9-7-8-10-15(14)26(19)13-12-25(5-2)6-3/h7-10H,4-6,11-13H2,1-3H3,(H4,20,21,23,24). The van der Waals surface area contributed by atoms with Crippen LogP contribution in [0.2, 0.25) is 0 Å². The largest absolute Gasteiger partial charge is 0.383 e. The van der Waals surface area contributed by atoms with Crippen LogP contribution in [0.25, 0.3) is 22.4 Å². The Bertz CT molecular complexity index is 845. The summed E-state index contributed by atoms with van der Waals surface area (Å²) < 4.78 is 2.26. The highest BCUT2D eigenvalue weighted by Gasteiger charge is 2.21. The number of nitrogens with two attached hydrogens (primary N) is 1. The summed E-state index contributed by atoms with van der Waals surface area (Å²) in [5.41, 5.74) is 9.18. The van der Waals surface area contributed by atoms with Crippen molar-refractivity contribution < 1.29 is 0 Å². The number of H-pyrrole nitrogens is 1. The van der Waals surface area contributed by atoms with Gasteiger partial charge in [0, 0.05) is 19.6 Å². The average Bonchev–Trinajstić information content (AvgIpc) is 3.20. The third-order valence-electron chi connectivity index (χ3n) is 4.75. The quantitative estimate of drug-likeness (QED) is 0.549. The number of nitrogens with one attached hydrogen (secondary N) is 2. The normalized spacial score (nSPS) is 11.5. The molecule has 26 heavy (non-hydrogen) atoms. The van der Waals surface area contributed by atoms with Gasteiger partial charge >= 0.3 is 0 Å². The average molecular weight is 355 g/mol. The molecule has 0 saturated carbocycles. The lowest BCUT2D eigenvalue weighted by Crippen LogP contribution is -2.27. The molecule has 4 N–H and O–H groups in total. The van der Waals surface area contributed by atoms with Crippen molar-refractivity contribution in [3.8, 4) is 11.4 Å². The number of hydrogen-bond donors (Lipinski definition) is 3. The molecule has 0 aliphatic heterocycles. The zero-order valence-corrected chi connectivity index (χ0v) is 15.9. The van der Waals surface area contributed by atoms with Gasteiger partial charge in [-0.1, -0.05) is 32.9 Å². The smallest absolute Gasteiger partial charge is 0.161 e. The van der Waals surface area contributed by atoms with Gasteiger partial charge in [-0.05, 0) is 31.6 Å². The van der Waals surface area contributed by atoms with E-state index in [0.717, 1.165) is 67.4 Å². The van der Waals surface area contributed by atoms with Crippen molar-refractivity contribution in [2.24, 2.45) is 0 Å². The molecule has 0 fully saturated rings. The highest BCUT2D eigenvalue weighted by molar-refractivity contribution is 5.87. The second-order valence-electron chi connectivity index (χ2n) is 6.39. The molecule has 0 aliphatic rings. The lowest BCUT2D eigenvalue weighted by Gasteiger charge is -2.19. The number of nitrogens with zero attached hydrogens (tertiary/aromatic N) is 4. The maximum absolute atomic E-state index is 6.22. The SMILES string of the molecule is CCCNc1n[nH]c(N)c1-c1nc2ccccc2n1CCN(CC)CC. The summed E-state index contributed by atoms with van der Waals surface area (Å²) in [5.74, 6) is 2.18. The van der Waals surface area contributed by atoms with Crippen LogP contribution in [-0.4, -0.2) is 50.8 Å².